The summed E-state index contributed by atoms with van der Waals surface area (Å²) in [6.07, 6.45) is 1.59. The van der Waals surface area contributed by atoms with E-state index in [1.54, 1.807) is 30.3 Å². The molecular weight excluding hydrogens is 420 g/mol. The maximum Gasteiger partial charge on any atom is 0.270 e. The highest BCUT2D eigenvalue weighted by molar-refractivity contribution is 7.80. The summed E-state index contributed by atoms with van der Waals surface area (Å²) in [6.45, 7) is 4.22. The summed E-state index contributed by atoms with van der Waals surface area (Å²) in [6, 6.07) is 24.2. The summed E-state index contributed by atoms with van der Waals surface area (Å²) < 4.78 is 5.80. The van der Waals surface area contributed by atoms with Crippen molar-refractivity contribution in [3.63, 3.8) is 0 Å². The Morgan fingerprint density at radius 2 is 1.50 bits per heavy atom. The van der Waals surface area contributed by atoms with Crippen LogP contribution in [0.4, 0.5) is 5.69 Å². The third-order valence-corrected chi connectivity index (χ3v) is 5.37. The Balaban J connectivity index is 1.58. The third kappa shape index (κ3) is 4.60. The first-order chi connectivity index (χ1) is 15.4. The second-order valence-electron chi connectivity index (χ2n) is 7.69. The Labute approximate surface area is 192 Å². The Kier molecular flexibility index (Phi) is 6.14. The number of thiocarbonyl (C=S) groups is 1. The van der Waals surface area contributed by atoms with Gasteiger partial charge in [0, 0.05) is 0 Å². The molecule has 2 amide bonds. The van der Waals surface area contributed by atoms with Crippen molar-refractivity contribution in [1.29, 1.82) is 0 Å². The van der Waals surface area contributed by atoms with Crippen LogP contribution in [0.15, 0.2) is 84.4 Å². The number of hydrogen-bond donors (Lipinski definition) is 1. The van der Waals surface area contributed by atoms with E-state index in [0.717, 1.165) is 5.56 Å². The highest BCUT2D eigenvalue weighted by Gasteiger charge is 2.34. The molecule has 0 aromatic heterocycles. The van der Waals surface area contributed by atoms with Crippen LogP contribution in [0.25, 0.3) is 6.08 Å². The molecule has 1 aliphatic heterocycles. The van der Waals surface area contributed by atoms with Gasteiger partial charge in [0.1, 0.15) is 17.1 Å². The van der Waals surface area contributed by atoms with Gasteiger partial charge in [-0.3, -0.25) is 19.8 Å². The van der Waals surface area contributed by atoms with Crippen molar-refractivity contribution in [2.24, 2.45) is 0 Å². The molecule has 0 bridgehead atoms. The van der Waals surface area contributed by atoms with E-state index in [2.05, 4.69) is 19.2 Å². The van der Waals surface area contributed by atoms with Gasteiger partial charge < -0.3 is 4.74 Å². The SMILES string of the molecule is CC(C)c1ccc(C=C2C(=O)NC(=S)N(c3ccc(Oc4ccccc4)cc3)C2=O)cc1. The molecule has 0 atom stereocenters. The van der Waals surface area contributed by atoms with Gasteiger partial charge in [0.25, 0.3) is 11.8 Å². The molecule has 0 radical (unpaired) electrons. The normalized spacial score (nSPS) is 15.3. The van der Waals surface area contributed by atoms with E-state index in [4.69, 9.17) is 17.0 Å². The summed E-state index contributed by atoms with van der Waals surface area (Å²) in [5.74, 6) is 0.765. The van der Waals surface area contributed by atoms with Crippen molar-refractivity contribution in [2.45, 2.75) is 19.8 Å². The number of benzene rings is 3. The minimum atomic E-state index is -0.506. The molecule has 1 fully saturated rings. The zero-order valence-electron chi connectivity index (χ0n) is 17.7. The van der Waals surface area contributed by atoms with E-state index in [-0.39, 0.29) is 10.7 Å². The fraction of sp³-hybridized carbons (Fsp3) is 0.115. The fourth-order valence-electron chi connectivity index (χ4n) is 3.32. The topological polar surface area (TPSA) is 58.6 Å². The van der Waals surface area contributed by atoms with E-state index in [1.165, 1.54) is 10.5 Å². The van der Waals surface area contributed by atoms with Gasteiger partial charge in [-0.15, -0.1) is 0 Å². The van der Waals surface area contributed by atoms with Gasteiger partial charge in [-0.1, -0.05) is 56.3 Å². The van der Waals surface area contributed by atoms with Gasteiger partial charge in [-0.05, 0) is 71.7 Å². The molecule has 0 spiro atoms. The van der Waals surface area contributed by atoms with Gasteiger partial charge in [0.05, 0.1) is 5.69 Å². The van der Waals surface area contributed by atoms with Crippen LogP contribution in [0.2, 0.25) is 0 Å². The maximum atomic E-state index is 13.2. The number of ether oxygens (including phenoxy) is 1. The van der Waals surface area contributed by atoms with Crippen molar-refractivity contribution in [2.75, 3.05) is 4.90 Å². The lowest BCUT2D eigenvalue weighted by atomic mass is 10.0. The molecular formula is C26H22N2O3S. The number of nitrogens with one attached hydrogen (secondary N) is 1. The van der Waals surface area contributed by atoms with Crippen LogP contribution in [-0.4, -0.2) is 16.9 Å². The molecule has 4 rings (SSSR count). The van der Waals surface area contributed by atoms with Crippen LogP contribution in [0.3, 0.4) is 0 Å². The lowest BCUT2D eigenvalue weighted by Gasteiger charge is -2.29. The highest BCUT2D eigenvalue weighted by Crippen LogP contribution is 2.27. The lowest BCUT2D eigenvalue weighted by Crippen LogP contribution is -2.54. The first-order valence-corrected chi connectivity index (χ1v) is 10.7. The fourth-order valence-corrected chi connectivity index (χ4v) is 3.60. The average molecular weight is 443 g/mol. The van der Waals surface area contributed by atoms with Gasteiger partial charge in [-0.2, -0.15) is 0 Å². The zero-order chi connectivity index (χ0) is 22.7. The highest BCUT2D eigenvalue weighted by atomic mass is 32.1. The van der Waals surface area contributed by atoms with E-state index in [9.17, 15) is 9.59 Å². The predicted molar refractivity (Wildman–Crippen MR) is 130 cm³/mol. The summed E-state index contributed by atoms with van der Waals surface area (Å²) >= 11 is 5.28. The minimum absolute atomic E-state index is 0.0282. The largest absolute Gasteiger partial charge is 0.457 e. The first kappa shape index (κ1) is 21.5. The summed E-state index contributed by atoms with van der Waals surface area (Å²) in [5.41, 5.74) is 2.53. The predicted octanol–water partition coefficient (Wildman–Crippen LogP) is 5.43. The number of hydrogen-bond acceptors (Lipinski definition) is 4. The van der Waals surface area contributed by atoms with Crippen LogP contribution >= 0.6 is 12.2 Å². The molecule has 1 heterocycles. The van der Waals surface area contributed by atoms with Gasteiger partial charge in [-0.25, -0.2) is 0 Å². The molecule has 3 aromatic carbocycles. The van der Waals surface area contributed by atoms with Crippen molar-refractivity contribution in [3.05, 3.63) is 95.6 Å². The van der Waals surface area contributed by atoms with Crippen LogP contribution in [0.1, 0.15) is 30.9 Å². The number of amides is 2. The van der Waals surface area contributed by atoms with Crippen molar-refractivity contribution in [1.82, 2.24) is 5.32 Å². The number of nitrogens with zero attached hydrogens (tertiary/aromatic N) is 1. The number of rotatable bonds is 5. The smallest absolute Gasteiger partial charge is 0.270 e. The van der Waals surface area contributed by atoms with Crippen LogP contribution < -0.4 is 15.0 Å². The average Bonchev–Trinajstić information content (AvgIpc) is 2.79. The summed E-state index contributed by atoms with van der Waals surface area (Å²) in [5, 5.41) is 2.66. The molecule has 1 N–H and O–H groups in total. The second-order valence-corrected chi connectivity index (χ2v) is 8.07. The van der Waals surface area contributed by atoms with Crippen LogP contribution in [0.5, 0.6) is 11.5 Å². The zero-order valence-corrected chi connectivity index (χ0v) is 18.6. The monoisotopic (exact) mass is 442 g/mol. The van der Waals surface area contributed by atoms with E-state index >= 15 is 0 Å². The molecule has 1 aliphatic rings. The molecule has 0 aliphatic carbocycles. The van der Waals surface area contributed by atoms with E-state index in [1.807, 2.05) is 54.6 Å². The van der Waals surface area contributed by atoms with Crippen molar-refractivity contribution >= 4 is 40.9 Å². The first-order valence-electron chi connectivity index (χ1n) is 10.3. The molecule has 0 saturated carbocycles. The summed E-state index contributed by atoms with van der Waals surface area (Å²) in [4.78, 5) is 27.0. The Hall–Kier alpha value is -3.77. The van der Waals surface area contributed by atoms with Crippen molar-refractivity contribution in [3.8, 4) is 11.5 Å². The molecule has 3 aromatic rings. The van der Waals surface area contributed by atoms with E-state index in [0.29, 0.717) is 23.1 Å². The minimum Gasteiger partial charge on any atom is -0.457 e. The van der Waals surface area contributed by atoms with Gasteiger partial charge >= 0.3 is 0 Å². The quantitative estimate of drug-likeness (QED) is 0.325. The second kappa shape index (κ2) is 9.16. The number of carbonyl (C=O) groups excluding carboxylic acids is 2. The Morgan fingerprint density at radius 1 is 0.875 bits per heavy atom. The Morgan fingerprint density at radius 3 is 2.12 bits per heavy atom. The van der Waals surface area contributed by atoms with E-state index < -0.39 is 11.8 Å². The standard InChI is InChI=1S/C26H22N2O3S/c1-17(2)19-10-8-18(9-11-19)16-23-24(29)27-26(32)28(25(23)30)20-12-14-22(15-13-20)31-21-6-4-3-5-7-21/h3-17H,1-2H3,(H,27,29,32). The maximum absolute atomic E-state index is 13.2. The van der Waals surface area contributed by atoms with Crippen LogP contribution in [0, 0.1) is 0 Å². The molecule has 5 nitrogen and oxygen atoms in total. The number of para-hydroxylation sites is 1. The molecule has 6 heteroatoms. The van der Waals surface area contributed by atoms with Gasteiger partial charge in [0.2, 0.25) is 0 Å². The van der Waals surface area contributed by atoms with Crippen LogP contribution in [-0.2, 0) is 9.59 Å². The molecule has 160 valence electrons. The third-order valence-electron chi connectivity index (χ3n) is 5.09. The lowest BCUT2D eigenvalue weighted by molar-refractivity contribution is -0.122. The Bertz CT molecular complexity index is 1180. The summed E-state index contributed by atoms with van der Waals surface area (Å²) in [7, 11) is 0. The molecule has 0 unspecified atom stereocenters. The molecule has 1 saturated heterocycles. The number of anilines is 1. The molecule has 32 heavy (non-hydrogen) atoms. The van der Waals surface area contributed by atoms with Gasteiger partial charge in [0.15, 0.2) is 5.11 Å². The van der Waals surface area contributed by atoms with Crippen molar-refractivity contribution < 1.29 is 14.3 Å². The number of carbonyl (C=O) groups is 2.